The van der Waals surface area contributed by atoms with Crippen LogP contribution in [0.15, 0.2) is 78.9 Å². The molecule has 0 saturated heterocycles. The van der Waals surface area contributed by atoms with E-state index in [2.05, 4.69) is 91.3 Å². The molecule has 1 N–H and O–H groups in total. The molecule has 1 heterocycles. The van der Waals surface area contributed by atoms with Crippen LogP contribution in [0.25, 0.3) is 0 Å². The molecule has 0 aromatic heterocycles. The van der Waals surface area contributed by atoms with E-state index in [0.717, 1.165) is 32.2 Å². The number of fused-ring (bicyclic) bond motifs is 1. The lowest BCUT2D eigenvalue weighted by Gasteiger charge is -2.15. The van der Waals surface area contributed by atoms with Crippen molar-refractivity contribution in [1.82, 2.24) is 0 Å². The number of hydrogen-bond donors (Lipinski definition) is 1. The summed E-state index contributed by atoms with van der Waals surface area (Å²) in [6, 6.07) is 19.1. The van der Waals surface area contributed by atoms with Crippen LogP contribution in [0.3, 0.4) is 0 Å². The third kappa shape index (κ3) is 5.35. The number of benzene rings is 2. The van der Waals surface area contributed by atoms with E-state index < -0.39 is 5.97 Å². The molecule has 2 aromatic rings. The Morgan fingerprint density at radius 2 is 1.70 bits per heavy atom. The summed E-state index contributed by atoms with van der Waals surface area (Å²) in [5, 5.41) is 8.85. The number of unbranched alkanes of at least 4 members (excludes halogenated alkanes) is 2. The van der Waals surface area contributed by atoms with E-state index in [0.29, 0.717) is 0 Å². The molecule has 0 saturated carbocycles. The second kappa shape index (κ2) is 10.2. The summed E-state index contributed by atoms with van der Waals surface area (Å²) in [4.78, 5) is 10.8. The third-order valence-electron chi connectivity index (χ3n) is 5.77. The van der Waals surface area contributed by atoms with Gasteiger partial charge in [-0.3, -0.25) is 4.79 Å². The zero-order valence-electron chi connectivity index (χ0n) is 18.1. The van der Waals surface area contributed by atoms with Crippen molar-refractivity contribution in [3.8, 4) is 0 Å². The number of aliphatic carboxylic acids is 1. The highest BCUT2D eigenvalue weighted by atomic mass is 16.4. The summed E-state index contributed by atoms with van der Waals surface area (Å²) < 4.78 is 2.41. The van der Waals surface area contributed by atoms with Crippen LogP contribution in [0, 0.1) is 0 Å². The molecule has 2 aromatic carbocycles. The summed E-state index contributed by atoms with van der Waals surface area (Å²) in [7, 11) is 0. The molecule has 0 amide bonds. The Balaban J connectivity index is 1.73. The minimum Gasteiger partial charge on any atom is -0.481 e. The van der Waals surface area contributed by atoms with Gasteiger partial charge >= 0.3 is 5.97 Å². The number of hydrogen-bond acceptors (Lipinski definition) is 1. The van der Waals surface area contributed by atoms with E-state index in [4.69, 9.17) is 5.11 Å². The first-order valence-electron chi connectivity index (χ1n) is 10.8. The largest absolute Gasteiger partial charge is 0.481 e. The lowest BCUT2D eigenvalue weighted by molar-refractivity contribution is -0.438. The molecule has 0 bridgehead atoms. The van der Waals surface area contributed by atoms with Crippen molar-refractivity contribution in [3.05, 3.63) is 90.0 Å². The average molecular weight is 403 g/mol. The van der Waals surface area contributed by atoms with Crippen molar-refractivity contribution in [2.24, 2.45) is 0 Å². The quantitative estimate of drug-likeness (QED) is 0.298. The van der Waals surface area contributed by atoms with Crippen LogP contribution in [0.2, 0.25) is 0 Å². The van der Waals surface area contributed by atoms with Crippen molar-refractivity contribution in [1.29, 1.82) is 0 Å². The molecule has 3 rings (SSSR count). The lowest BCUT2D eigenvalue weighted by atomic mass is 9.81. The minimum atomic E-state index is -0.708. The molecule has 0 fully saturated rings. The van der Waals surface area contributed by atoms with E-state index >= 15 is 0 Å². The van der Waals surface area contributed by atoms with E-state index in [1.54, 1.807) is 0 Å². The highest BCUT2D eigenvalue weighted by molar-refractivity contribution is 6.03. The van der Waals surface area contributed by atoms with Gasteiger partial charge in [0.2, 0.25) is 5.69 Å². The van der Waals surface area contributed by atoms with Crippen LogP contribution in [-0.2, 0) is 16.6 Å². The number of para-hydroxylation sites is 1. The molecular formula is C27H32NO2+. The number of rotatable bonds is 10. The average Bonchev–Trinajstić information content (AvgIpc) is 2.95. The Kier molecular flexibility index (Phi) is 7.40. The van der Waals surface area contributed by atoms with Gasteiger partial charge in [-0.05, 0) is 38.7 Å². The van der Waals surface area contributed by atoms with Crippen LogP contribution in [0.5, 0.6) is 0 Å². The van der Waals surface area contributed by atoms with Crippen molar-refractivity contribution in [2.45, 2.75) is 51.4 Å². The number of carbonyl (C=O) groups is 1. The predicted octanol–water partition coefficient (Wildman–Crippen LogP) is 6.06. The highest BCUT2D eigenvalue weighted by Gasteiger charge is 2.43. The maximum absolute atomic E-state index is 10.8. The number of nitrogens with zero attached hydrogens (tertiary/aromatic N) is 1. The number of carboxylic acid groups (broad SMARTS) is 1. The highest BCUT2D eigenvalue weighted by Crippen LogP contribution is 2.39. The van der Waals surface area contributed by atoms with E-state index in [9.17, 15) is 4.79 Å². The molecule has 30 heavy (non-hydrogen) atoms. The first-order chi connectivity index (χ1) is 14.5. The van der Waals surface area contributed by atoms with Crippen LogP contribution < -0.4 is 0 Å². The van der Waals surface area contributed by atoms with E-state index in [-0.39, 0.29) is 11.8 Å². The number of allylic oxidation sites excluding steroid dienone is 4. The summed E-state index contributed by atoms with van der Waals surface area (Å²) in [5.41, 5.74) is 5.18. The van der Waals surface area contributed by atoms with Crippen molar-refractivity contribution >= 4 is 17.4 Å². The molecule has 0 spiro atoms. The zero-order valence-corrected chi connectivity index (χ0v) is 18.1. The topological polar surface area (TPSA) is 40.3 Å². The molecule has 0 unspecified atom stereocenters. The van der Waals surface area contributed by atoms with Crippen molar-refractivity contribution in [3.63, 3.8) is 0 Å². The Bertz CT molecular complexity index is 952. The summed E-state index contributed by atoms with van der Waals surface area (Å²) in [6.45, 7) is 5.47. The summed E-state index contributed by atoms with van der Waals surface area (Å²) >= 11 is 0. The van der Waals surface area contributed by atoms with Gasteiger partial charge in [-0.15, -0.1) is 0 Å². The molecule has 0 aliphatic carbocycles. The van der Waals surface area contributed by atoms with Gasteiger partial charge in [0.05, 0.1) is 5.41 Å². The first kappa shape index (κ1) is 21.8. The Morgan fingerprint density at radius 1 is 0.967 bits per heavy atom. The summed E-state index contributed by atoms with van der Waals surface area (Å²) in [5.74, 6) is -0.708. The SMILES string of the molecule is CC1(C)C(C=CC=CCc2ccccc2)=[N+](CCCCCC(=O)O)c2ccccc21. The van der Waals surface area contributed by atoms with Gasteiger partial charge in [-0.1, -0.05) is 66.8 Å². The maximum Gasteiger partial charge on any atom is 0.303 e. The van der Waals surface area contributed by atoms with E-state index in [1.807, 2.05) is 6.07 Å². The molecule has 156 valence electrons. The summed E-state index contributed by atoms with van der Waals surface area (Å²) in [6.07, 6.45) is 12.5. The van der Waals surface area contributed by atoms with Crippen LogP contribution in [0.4, 0.5) is 5.69 Å². The Hall–Kier alpha value is -2.94. The third-order valence-corrected chi connectivity index (χ3v) is 5.77. The monoisotopic (exact) mass is 402 g/mol. The Morgan fingerprint density at radius 3 is 2.47 bits per heavy atom. The fraction of sp³-hybridized carbons (Fsp3) is 0.333. The normalized spacial score (nSPS) is 15.3. The smallest absolute Gasteiger partial charge is 0.303 e. The van der Waals surface area contributed by atoms with Gasteiger partial charge in [0.15, 0.2) is 5.71 Å². The van der Waals surface area contributed by atoms with Crippen LogP contribution in [-0.4, -0.2) is 27.9 Å². The molecule has 3 heteroatoms. The zero-order chi connectivity index (χ0) is 21.4. The van der Waals surface area contributed by atoms with Gasteiger partial charge < -0.3 is 5.11 Å². The second-order valence-electron chi connectivity index (χ2n) is 8.36. The minimum absolute atomic E-state index is 0.0541. The van der Waals surface area contributed by atoms with Gasteiger partial charge in [-0.25, -0.2) is 0 Å². The fourth-order valence-electron chi connectivity index (χ4n) is 4.15. The lowest BCUT2D eigenvalue weighted by Crippen LogP contribution is -2.27. The van der Waals surface area contributed by atoms with Gasteiger partial charge in [-0.2, -0.15) is 4.58 Å². The first-order valence-corrected chi connectivity index (χ1v) is 10.8. The predicted molar refractivity (Wildman–Crippen MR) is 124 cm³/mol. The number of carboxylic acids is 1. The molecular weight excluding hydrogens is 370 g/mol. The van der Waals surface area contributed by atoms with Crippen LogP contribution in [0.1, 0.15) is 50.7 Å². The van der Waals surface area contributed by atoms with E-state index in [1.165, 1.54) is 22.5 Å². The second-order valence-corrected chi connectivity index (χ2v) is 8.36. The van der Waals surface area contributed by atoms with Gasteiger partial charge in [0.1, 0.15) is 6.54 Å². The van der Waals surface area contributed by atoms with Crippen LogP contribution >= 0.6 is 0 Å². The van der Waals surface area contributed by atoms with Crippen molar-refractivity contribution < 1.29 is 14.5 Å². The molecule has 0 atom stereocenters. The maximum atomic E-state index is 10.8. The van der Waals surface area contributed by atoms with Gasteiger partial charge in [0, 0.05) is 30.5 Å². The molecule has 1 aliphatic heterocycles. The molecule has 3 nitrogen and oxygen atoms in total. The standard InChI is InChI=1S/C27H31NO2/c1-27(2)23-17-11-12-18-24(23)28(21-13-5-10-20-26(29)30)25(27)19-9-4-8-16-22-14-6-3-7-15-22/h3-4,6-9,11-12,14-15,17-19H,5,10,13,16,20-21H2,1-2H3/p+1. The fourth-order valence-corrected chi connectivity index (χ4v) is 4.15. The molecule has 1 aliphatic rings. The Labute approximate surface area is 180 Å². The molecule has 0 radical (unpaired) electrons. The van der Waals surface area contributed by atoms with Crippen molar-refractivity contribution in [2.75, 3.05) is 6.54 Å². The van der Waals surface area contributed by atoms with Gasteiger partial charge in [0.25, 0.3) is 0 Å².